The van der Waals surface area contributed by atoms with Gasteiger partial charge in [-0.1, -0.05) is 37.6 Å². The van der Waals surface area contributed by atoms with Crippen LogP contribution >= 0.6 is 0 Å². The Hall–Kier alpha value is -2.27. The highest BCUT2D eigenvalue weighted by atomic mass is 16.5. The number of hydrogen-bond acceptors (Lipinski definition) is 2. The Kier molecular flexibility index (Phi) is 5.54. The predicted molar refractivity (Wildman–Crippen MR) is 96.9 cm³/mol. The molecule has 124 valence electrons. The second kappa shape index (κ2) is 8.02. The molecule has 1 aliphatic carbocycles. The minimum Gasteiger partial charge on any atom is -0.489 e. The second-order valence-electron chi connectivity index (χ2n) is 6.79. The molecule has 2 heteroatoms. The minimum absolute atomic E-state index is 0.534. The molecule has 0 aliphatic heterocycles. The van der Waals surface area contributed by atoms with Crippen molar-refractivity contribution in [2.45, 2.75) is 51.6 Å². The number of rotatable bonds is 5. The van der Waals surface area contributed by atoms with E-state index in [2.05, 4.69) is 37.3 Å². The molecule has 3 rings (SSSR count). The van der Waals surface area contributed by atoms with Crippen LogP contribution < -0.4 is 4.74 Å². The zero-order valence-corrected chi connectivity index (χ0v) is 14.4. The van der Waals surface area contributed by atoms with Gasteiger partial charge in [0, 0.05) is 0 Å². The molecule has 24 heavy (non-hydrogen) atoms. The third kappa shape index (κ3) is 4.17. The zero-order chi connectivity index (χ0) is 16.8. The summed E-state index contributed by atoms with van der Waals surface area (Å²) in [5.74, 6) is 2.57. The van der Waals surface area contributed by atoms with Crippen molar-refractivity contribution in [1.29, 1.82) is 5.26 Å². The first-order valence-electron chi connectivity index (χ1n) is 9.00. The van der Waals surface area contributed by atoms with Crippen LogP contribution in [0, 0.1) is 17.2 Å². The molecule has 0 unspecified atom stereocenters. The third-order valence-corrected chi connectivity index (χ3v) is 5.26. The molecule has 1 aliphatic rings. The molecule has 1 saturated carbocycles. The van der Waals surface area contributed by atoms with E-state index in [9.17, 15) is 0 Å². The summed E-state index contributed by atoms with van der Waals surface area (Å²) in [4.78, 5) is 0. The maximum absolute atomic E-state index is 8.82. The van der Waals surface area contributed by atoms with Gasteiger partial charge in [-0.15, -0.1) is 0 Å². The highest BCUT2D eigenvalue weighted by Gasteiger charge is 2.21. The first kappa shape index (κ1) is 16.6. The molecule has 0 spiro atoms. The molecule has 1 fully saturated rings. The van der Waals surface area contributed by atoms with E-state index in [4.69, 9.17) is 10.00 Å². The van der Waals surface area contributed by atoms with Gasteiger partial charge in [-0.25, -0.2) is 0 Å². The van der Waals surface area contributed by atoms with Crippen molar-refractivity contribution in [2.75, 3.05) is 0 Å². The van der Waals surface area contributed by atoms with Crippen molar-refractivity contribution in [3.63, 3.8) is 0 Å². The fourth-order valence-electron chi connectivity index (χ4n) is 3.58. The number of benzene rings is 2. The Morgan fingerprint density at radius 1 is 0.958 bits per heavy atom. The largest absolute Gasteiger partial charge is 0.489 e. The van der Waals surface area contributed by atoms with Crippen molar-refractivity contribution in [3.8, 4) is 11.8 Å². The van der Waals surface area contributed by atoms with E-state index >= 15 is 0 Å². The average molecular weight is 319 g/mol. The summed E-state index contributed by atoms with van der Waals surface area (Å²) in [6, 6.07) is 18.3. The Balaban J connectivity index is 1.53. The standard InChI is InChI=1S/C22H25NO/c1-2-17-7-9-20(10-8-17)21-11-13-22(14-12-21)24-16-19-5-3-18(15-23)4-6-19/h3-6,11-14,17,20H,2,7-10,16H2,1H3/t17-,20-. The molecule has 0 N–H and O–H groups in total. The van der Waals surface area contributed by atoms with E-state index < -0.39 is 0 Å². The van der Waals surface area contributed by atoms with Crippen molar-refractivity contribution in [2.24, 2.45) is 5.92 Å². The molecule has 2 nitrogen and oxygen atoms in total. The monoisotopic (exact) mass is 319 g/mol. The number of nitriles is 1. The van der Waals surface area contributed by atoms with Crippen molar-refractivity contribution in [1.82, 2.24) is 0 Å². The Morgan fingerprint density at radius 3 is 2.21 bits per heavy atom. The normalized spacial score (nSPS) is 20.3. The molecule has 2 aromatic carbocycles. The summed E-state index contributed by atoms with van der Waals surface area (Å²) in [5, 5.41) is 8.82. The minimum atomic E-state index is 0.534. The Labute approximate surface area is 145 Å². The van der Waals surface area contributed by atoms with E-state index in [1.54, 1.807) is 0 Å². The summed E-state index contributed by atoms with van der Waals surface area (Å²) in [6.45, 7) is 2.84. The SMILES string of the molecule is CC[C@H]1CC[C@H](c2ccc(OCc3ccc(C#N)cc3)cc2)CC1. The van der Waals surface area contributed by atoms with E-state index in [1.807, 2.05) is 24.3 Å². The van der Waals surface area contributed by atoms with Crippen LogP contribution in [-0.2, 0) is 6.61 Å². The predicted octanol–water partition coefficient (Wildman–Crippen LogP) is 5.82. The van der Waals surface area contributed by atoms with Crippen LogP contribution in [0.5, 0.6) is 5.75 Å². The van der Waals surface area contributed by atoms with Crippen molar-refractivity contribution >= 4 is 0 Å². The number of hydrogen-bond donors (Lipinski definition) is 0. The van der Waals surface area contributed by atoms with E-state index in [1.165, 1.54) is 37.7 Å². The second-order valence-corrected chi connectivity index (χ2v) is 6.79. The molecular weight excluding hydrogens is 294 g/mol. The first-order valence-corrected chi connectivity index (χ1v) is 9.00. The van der Waals surface area contributed by atoms with Gasteiger partial charge in [0.2, 0.25) is 0 Å². The van der Waals surface area contributed by atoms with E-state index in [0.717, 1.165) is 23.1 Å². The molecule has 0 heterocycles. The Bertz CT molecular complexity index is 673. The van der Waals surface area contributed by atoms with Crippen LogP contribution in [0.1, 0.15) is 61.6 Å². The lowest BCUT2D eigenvalue weighted by molar-refractivity contribution is 0.305. The van der Waals surface area contributed by atoms with Gasteiger partial charge in [0.1, 0.15) is 12.4 Å². The topological polar surface area (TPSA) is 33.0 Å². The summed E-state index contributed by atoms with van der Waals surface area (Å²) in [5.41, 5.74) is 3.21. The zero-order valence-electron chi connectivity index (χ0n) is 14.4. The quantitative estimate of drug-likeness (QED) is 0.695. The van der Waals surface area contributed by atoms with Crippen LogP contribution in [0.25, 0.3) is 0 Å². The van der Waals surface area contributed by atoms with Gasteiger partial charge in [-0.3, -0.25) is 0 Å². The molecule has 0 bridgehead atoms. The maximum Gasteiger partial charge on any atom is 0.119 e. The lowest BCUT2D eigenvalue weighted by Gasteiger charge is -2.28. The van der Waals surface area contributed by atoms with Gasteiger partial charge in [0.05, 0.1) is 11.6 Å². The fraction of sp³-hybridized carbons (Fsp3) is 0.409. The van der Waals surface area contributed by atoms with Gasteiger partial charge >= 0.3 is 0 Å². The molecule has 0 amide bonds. The van der Waals surface area contributed by atoms with Gasteiger partial charge in [-0.2, -0.15) is 5.26 Å². The van der Waals surface area contributed by atoms with E-state index in [-0.39, 0.29) is 0 Å². The van der Waals surface area contributed by atoms with E-state index in [0.29, 0.717) is 12.2 Å². The van der Waals surface area contributed by atoms with Gasteiger partial charge in [-0.05, 0) is 72.9 Å². The smallest absolute Gasteiger partial charge is 0.119 e. The summed E-state index contributed by atoms with van der Waals surface area (Å²) < 4.78 is 5.86. The van der Waals surface area contributed by atoms with Crippen LogP contribution in [0.15, 0.2) is 48.5 Å². The van der Waals surface area contributed by atoms with Gasteiger partial charge in [0.25, 0.3) is 0 Å². The van der Waals surface area contributed by atoms with Gasteiger partial charge in [0.15, 0.2) is 0 Å². The molecular formula is C22H25NO. The van der Waals surface area contributed by atoms with Crippen LogP contribution in [-0.4, -0.2) is 0 Å². The summed E-state index contributed by atoms with van der Waals surface area (Å²) >= 11 is 0. The molecule has 0 atom stereocenters. The summed E-state index contributed by atoms with van der Waals surface area (Å²) in [7, 11) is 0. The van der Waals surface area contributed by atoms with Crippen molar-refractivity contribution < 1.29 is 4.74 Å². The highest BCUT2D eigenvalue weighted by molar-refractivity contribution is 5.32. The maximum atomic E-state index is 8.82. The lowest BCUT2D eigenvalue weighted by Crippen LogP contribution is -2.12. The highest BCUT2D eigenvalue weighted by Crippen LogP contribution is 2.37. The van der Waals surface area contributed by atoms with Gasteiger partial charge < -0.3 is 4.74 Å². The first-order chi connectivity index (χ1) is 11.8. The van der Waals surface area contributed by atoms with Crippen LogP contribution in [0.3, 0.4) is 0 Å². The molecule has 0 radical (unpaired) electrons. The van der Waals surface area contributed by atoms with Crippen LogP contribution in [0.4, 0.5) is 0 Å². The number of ether oxygens (including phenoxy) is 1. The molecule has 0 aromatic heterocycles. The third-order valence-electron chi connectivity index (χ3n) is 5.26. The number of nitrogens with zero attached hydrogens (tertiary/aromatic N) is 1. The van der Waals surface area contributed by atoms with Crippen LogP contribution in [0.2, 0.25) is 0 Å². The lowest BCUT2D eigenvalue weighted by atomic mass is 9.78. The molecule has 2 aromatic rings. The molecule has 0 saturated heterocycles. The summed E-state index contributed by atoms with van der Waals surface area (Å²) in [6.07, 6.45) is 6.72. The average Bonchev–Trinajstić information content (AvgIpc) is 2.67. The fourth-order valence-corrected chi connectivity index (χ4v) is 3.58. The van der Waals surface area contributed by atoms with Crippen molar-refractivity contribution in [3.05, 3.63) is 65.2 Å². The Morgan fingerprint density at radius 2 is 1.62 bits per heavy atom.